The maximum atomic E-state index is 6.11. The molecule has 4 rings (SSSR count). The molecule has 1 aliphatic heterocycles. The van der Waals surface area contributed by atoms with Crippen molar-refractivity contribution in [1.29, 1.82) is 0 Å². The summed E-state index contributed by atoms with van der Waals surface area (Å²) in [4.78, 5) is 6.84. The fourth-order valence-electron chi connectivity index (χ4n) is 3.46. The number of aromatic amines is 1. The number of anilines is 1. The number of hydrogen-bond acceptors (Lipinski definition) is 3. The number of halogens is 1. The number of nitrogens with zero attached hydrogens (tertiary/aromatic N) is 3. The minimum atomic E-state index is 0.816. The van der Waals surface area contributed by atoms with Gasteiger partial charge in [-0.1, -0.05) is 17.7 Å². The number of rotatable bonds is 2. The summed E-state index contributed by atoms with van der Waals surface area (Å²) in [5.41, 5.74) is 8.17. The van der Waals surface area contributed by atoms with E-state index in [1.807, 2.05) is 32.3 Å². The summed E-state index contributed by atoms with van der Waals surface area (Å²) in [5, 5.41) is 8.16. The van der Waals surface area contributed by atoms with Gasteiger partial charge in [-0.3, -0.25) is 10.1 Å². The van der Waals surface area contributed by atoms with E-state index in [1.165, 1.54) is 11.1 Å². The molecule has 0 saturated carbocycles. The van der Waals surface area contributed by atoms with Crippen molar-refractivity contribution in [2.45, 2.75) is 26.8 Å². The highest BCUT2D eigenvalue weighted by Gasteiger charge is 2.18. The van der Waals surface area contributed by atoms with Gasteiger partial charge in [-0.2, -0.15) is 5.10 Å². The summed E-state index contributed by atoms with van der Waals surface area (Å²) in [7, 11) is 0. The quantitative estimate of drug-likeness (QED) is 0.757. The average Bonchev–Trinajstić information content (AvgIpc) is 2.93. The lowest BCUT2D eigenvalue weighted by Gasteiger charge is -2.30. The molecule has 0 bridgehead atoms. The van der Waals surface area contributed by atoms with E-state index in [2.05, 4.69) is 38.3 Å². The molecule has 0 unspecified atom stereocenters. The molecule has 3 heterocycles. The Bertz CT molecular complexity index is 881. The molecule has 122 valence electrons. The lowest BCUT2D eigenvalue weighted by atomic mass is 9.99. The van der Waals surface area contributed by atoms with Crippen molar-refractivity contribution in [1.82, 2.24) is 15.2 Å². The van der Waals surface area contributed by atoms with E-state index >= 15 is 0 Å². The van der Waals surface area contributed by atoms with Crippen molar-refractivity contribution >= 4 is 17.3 Å². The molecule has 1 N–H and O–H groups in total. The van der Waals surface area contributed by atoms with Gasteiger partial charge in [-0.05, 0) is 49.6 Å². The van der Waals surface area contributed by atoms with E-state index < -0.39 is 0 Å². The van der Waals surface area contributed by atoms with Crippen LogP contribution in [0.4, 0.5) is 5.69 Å². The highest BCUT2D eigenvalue weighted by Crippen LogP contribution is 2.30. The van der Waals surface area contributed by atoms with Gasteiger partial charge in [0.05, 0.1) is 17.6 Å². The van der Waals surface area contributed by atoms with Crippen molar-refractivity contribution in [3.05, 3.63) is 64.2 Å². The van der Waals surface area contributed by atoms with Crippen LogP contribution < -0.4 is 4.90 Å². The van der Waals surface area contributed by atoms with E-state index in [1.54, 1.807) is 0 Å². The molecule has 0 aliphatic carbocycles. The molecule has 2 aromatic heterocycles. The number of benzene rings is 1. The Kier molecular flexibility index (Phi) is 3.77. The van der Waals surface area contributed by atoms with Crippen LogP contribution in [0.5, 0.6) is 0 Å². The second kappa shape index (κ2) is 5.95. The summed E-state index contributed by atoms with van der Waals surface area (Å²) in [5.74, 6) is 0. The molecule has 24 heavy (non-hydrogen) atoms. The van der Waals surface area contributed by atoms with E-state index in [4.69, 9.17) is 11.6 Å². The number of fused-ring (bicyclic) bond motifs is 1. The predicted octanol–water partition coefficient (Wildman–Crippen LogP) is 4.30. The SMILES string of the molecule is Cc1n[nH]c(C)c1-c1cncc(N2CCc3cc(Cl)ccc3C2)c1. The molecule has 0 atom stereocenters. The minimum Gasteiger partial charge on any atom is -0.366 e. The van der Waals surface area contributed by atoms with Crippen molar-refractivity contribution in [2.75, 3.05) is 11.4 Å². The van der Waals surface area contributed by atoms with Gasteiger partial charge < -0.3 is 4.90 Å². The largest absolute Gasteiger partial charge is 0.366 e. The monoisotopic (exact) mass is 338 g/mol. The lowest BCUT2D eigenvalue weighted by Crippen LogP contribution is -2.30. The van der Waals surface area contributed by atoms with Crippen LogP contribution in [-0.2, 0) is 13.0 Å². The van der Waals surface area contributed by atoms with Gasteiger partial charge in [0.15, 0.2) is 0 Å². The molecule has 1 aromatic carbocycles. The first-order valence-corrected chi connectivity index (χ1v) is 8.49. The second-order valence-corrected chi connectivity index (χ2v) is 6.76. The van der Waals surface area contributed by atoms with E-state index in [9.17, 15) is 0 Å². The summed E-state index contributed by atoms with van der Waals surface area (Å²) in [6, 6.07) is 8.39. The van der Waals surface area contributed by atoms with Gasteiger partial charge in [0, 0.05) is 41.1 Å². The number of aryl methyl sites for hydroxylation is 2. The fourth-order valence-corrected chi connectivity index (χ4v) is 3.65. The van der Waals surface area contributed by atoms with Crippen LogP contribution in [0.1, 0.15) is 22.5 Å². The Morgan fingerprint density at radius 1 is 1.12 bits per heavy atom. The van der Waals surface area contributed by atoms with Crippen LogP contribution in [0.3, 0.4) is 0 Å². The Hall–Kier alpha value is -2.33. The van der Waals surface area contributed by atoms with Crippen molar-refractivity contribution in [2.24, 2.45) is 0 Å². The number of H-pyrrole nitrogens is 1. The lowest BCUT2D eigenvalue weighted by molar-refractivity contribution is 0.730. The molecule has 1 aliphatic rings. The average molecular weight is 339 g/mol. The van der Waals surface area contributed by atoms with Gasteiger partial charge in [0.2, 0.25) is 0 Å². The first-order chi connectivity index (χ1) is 11.6. The Morgan fingerprint density at radius 3 is 2.79 bits per heavy atom. The van der Waals surface area contributed by atoms with Gasteiger partial charge in [0.1, 0.15) is 0 Å². The maximum absolute atomic E-state index is 6.11. The second-order valence-electron chi connectivity index (χ2n) is 6.33. The molecule has 0 fully saturated rings. The molecule has 0 radical (unpaired) electrons. The Morgan fingerprint density at radius 2 is 2.00 bits per heavy atom. The zero-order valence-corrected chi connectivity index (χ0v) is 14.6. The molecular formula is C19H19ClN4. The summed E-state index contributed by atoms with van der Waals surface area (Å²) in [6.45, 7) is 5.93. The molecule has 0 spiro atoms. The van der Waals surface area contributed by atoms with E-state index in [0.717, 1.165) is 52.7 Å². The molecule has 0 saturated heterocycles. The summed E-state index contributed by atoms with van der Waals surface area (Å²) < 4.78 is 0. The Balaban J connectivity index is 1.66. The van der Waals surface area contributed by atoms with Crippen LogP contribution in [-0.4, -0.2) is 21.7 Å². The van der Waals surface area contributed by atoms with Crippen LogP contribution in [0.25, 0.3) is 11.1 Å². The van der Waals surface area contributed by atoms with E-state index in [-0.39, 0.29) is 0 Å². The molecule has 0 amide bonds. The molecule has 3 aromatic rings. The van der Waals surface area contributed by atoms with E-state index in [0.29, 0.717) is 0 Å². The third-order valence-corrected chi connectivity index (χ3v) is 4.92. The first-order valence-electron chi connectivity index (χ1n) is 8.11. The zero-order chi connectivity index (χ0) is 16.7. The maximum Gasteiger partial charge on any atom is 0.0672 e. The van der Waals surface area contributed by atoms with Crippen molar-refractivity contribution in [3.63, 3.8) is 0 Å². The van der Waals surface area contributed by atoms with Crippen LogP contribution >= 0.6 is 11.6 Å². The van der Waals surface area contributed by atoms with Gasteiger partial charge in [0.25, 0.3) is 0 Å². The molecular weight excluding hydrogens is 320 g/mol. The Labute approximate surface area is 146 Å². The van der Waals surface area contributed by atoms with Crippen LogP contribution in [0.2, 0.25) is 5.02 Å². The fraction of sp³-hybridized carbons (Fsp3) is 0.263. The highest BCUT2D eigenvalue weighted by atomic mass is 35.5. The van der Waals surface area contributed by atoms with Gasteiger partial charge in [-0.15, -0.1) is 0 Å². The topological polar surface area (TPSA) is 44.8 Å². The zero-order valence-electron chi connectivity index (χ0n) is 13.8. The van der Waals surface area contributed by atoms with Gasteiger partial charge in [-0.25, -0.2) is 0 Å². The number of hydrogen-bond donors (Lipinski definition) is 1. The van der Waals surface area contributed by atoms with Crippen molar-refractivity contribution in [3.8, 4) is 11.1 Å². The summed E-state index contributed by atoms with van der Waals surface area (Å²) >= 11 is 6.11. The third-order valence-electron chi connectivity index (χ3n) is 4.69. The minimum absolute atomic E-state index is 0.816. The molecule has 5 heteroatoms. The number of aromatic nitrogens is 3. The van der Waals surface area contributed by atoms with Crippen LogP contribution in [0, 0.1) is 13.8 Å². The number of nitrogens with one attached hydrogen (secondary N) is 1. The summed E-state index contributed by atoms with van der Waals surface area (Å²) in [6.07, 6.45) is 4.85. The third kappa shape index (κ3) is 2.67. The standard InChI is InChI=1S/C19H19ClN4/c1-12-19(13(2)23-22-12)16-8-18(10-21-9-16)24-6-5-14-7-17(20)4-3-15(14)11-24/h3-4,7-10H,5-6,11H2,1-2H3,(H,22,23). The predicted molar refractivity (Wildman–Crippen MR) is 97.5 cm³/mol. The molecule has 4 nitrogen and oxygen atoms in total. The highest BCUT2D eigenvalue weighted by molar-refractivity contribution is 6.30. The smallest absolute Gasteiger partial charge is 0.0672 e. The normalized spacial score (nSPS) is 13.9. The van der Waals surface area contributed by atoms with Gasteiger partial charge >= 0.3 is 0 Å². The van der Waals surface area contributed by atoms with Crippen molar-refractivity contribution < 1.29 is 0 Å². The first kappa shape index (κ1) is 15.2. The van der Waals surface area contributed by atoms with Crippen LogP contribution in [0.15, 0.2) is 36.7 Å². The number of pyridine rings is 1.